The van der Waals surface area contributed by atoms with Crippen molar-refractivity contribution < 1.29 is 14.3 Å². The first-order valence-corrected chi connectivity index (χ1v) is 9.48. The van der Waals surface area contributed by atoms with Crippen molar-refractivity contribution in [3.8, 4) is 0 Å². The molecule has 2 heterocycles. The SMILES string of the molecule is C=C(O/C=C\C)c1c2c(nc3sc(C(=O)OC(C)(C)C)c(N)c13)CCC2. The highest BCUT2D eigenvalue weighted by Gasteiger charge is 2.29. The Morgan fingerprint density at radius 1 is 1.35 bits per heavy atom. The average Bonchev–Trinajstić information content (AvgIpc) is 3.13. The summed E-state index contributed by atoms with van der Waals surface area (Å²) in [7, 11) is 0. The molecule has 0 fully saturated rings. The Labute approximate surface area is 157 Å². The molecule has 2 aromatic rings. The van der Waals surface area contributed by atoms with Gasteiger partial charge in [-0.3, -0.25) is 0 Å². The summed E-state index contributed by atoms with van der Waals surface area (Å²) in [6.07, 6.45) is 6.25. The molecule has 0 saturated heterocycles. The molecular formula is C20H24N2O3S. The number of nitrogens with zero attached hydrogens (tertiary/aromatic N) is 1. The van der Waals surface area contributed by atoms with Crippen LogP contribution in [0.2, 0.25) is 0 Å². The summed E-state index contributed by atoms with van der Waals surface area (Å²) in [5.41, 5.74) is 9.20. The largest absolute Gasteiger partial charge is 0.465 e. The van der Waals surface area contributed by atoms with Crippen LogP contribution in [-0.4, -0.2) is 16.6 Å². The summed E-state index contributed by atoms with van der Waals surface area (Å²) >= 11 is 1.27. The zero-order chi connectivity index (χ0) is 19.1. The van der Waals surface area contributed by atoms with Gasteiger partial charge >= 0.3 is 5.97 Å². The summed E-state index contributed by atoms with van der Waals surface area (Å²) < 4.78 is 11.1. The molecule has 138 valence electrons. The van der Waals surface area contributed by atoms with Crippen LogP contribution in [0.25, 0.3) is 16.0 Å². The van der Waals surface area contributed by atoms with Gasteiger partial charge in [-0.25, -0.2) is 9.78 Å². The Bertz CT molecular complexity index is 920. The van der Waals surface area contributed by atoms with E-state index < -0.39 is 11.6 Å². The molecule has 6 heteroatoms. The number of fused-ring (bicyclic) bond motifs is 2. The number of thiophene rings is 1. The quantitative estimate of drug-likeness (QED) is 0.614. The van der Waals surface area contributed by atoms with E-state index in [1.54, 1.807) is 12.3 Å². The highest BCUT2D eigenvalue weighted by molar-refractivity contribution is 7.21. The standard InChI is InChI=1S/C20H24N2O3S/c1-6-10-24-11(2)14-12-8-7-9-13(12)22-18-15(14)16(21)17(26-18)19(23)25-20(3,4)5/h6,10H,2,7-9,21H2,1,3-5H3/b10-6-. The lowest BCUT2D eigenvalue weighted by atomic mass is 10.0. The van der Waals surface area contributed by atoms with E-state index in [0.717, 1.165) is 46.3 Å². The van der Waals surface area contributed by atoms with E-state index in [-0.39, 0.29) is 0 Å². The van der Waals surface area contributed by atoms with E-state index in [4.69, 9.17) is 20.2 Å². The molecule has 0 bridgehead atoms. The third-order valence-corrected chi connectivity index (χ3v) is 5.19. The van der Waals surface area contributed by atoms with Gasteiger partial charge in [0, 0.05) is 16.6 Å². The second-order valence-electron chi connectivity index (χ2n) is 7.30. The molecule has 2 aromatic heterocycles. The highest BCUT2D eigenvalue weighted by Crippen LogP contribution is 2.42. The molecular weight excluding hydrogens is 348 g/mol. The number of nitrogen functional groups attached to an aromatic ring is 1. The van der Waals surface area contributed by atoms with Gasteiger partial charge in [-0.2, -0.15) is 0 Å². The van der Waals surface area contributed by atoms with E-state index >= 15 is 0 Å². The summed E-state index contributed by atoms with van der Waals surface area (Å²) in [5.74, 6) is 0.0954. The lowest BCUT2D eigenvalue weighted by Gasteiger charge is -2.19. The molecule has 0 spiro atoms. The molecule has 0 aliphatic heterocycles. The lowest BCUT2D eigenvalue weighted by Crippen LogP contribution is -2.23. The smallest absolute Gasteiger partial charge is 0.351 e. The van der Waals surface area contributed by atoms with Crippen LogP contribution >= 0.6 is 11.3 Å². The van der Waals surface area contributed by atoms with E-state index in [1.807, 2.05) is 27.7 Å². The molecule has 0 amide bonds. The normalized spacial score (nSPS) is 14.0. The number of nitrogens with two attached hydrogens (primary N) is 1. The van der Waals surface area contributed by atoms with Gasteiger partial charge < -0.3 is 15.2 Å². The van der Waals surface area contributed by atoms with Crippen molar-refractivity contribution in [2.75, 3.05) is 5.73 Å². The molecule has 0 unspecified atom stereocenters. The van der Waals surface area contributed by atoms with Crippen molar-refractivity contribution in [2.45, 2.75) is 52.6 Å². The summed E-state index contributed by atoms with van der Waals surface area (Å²) in [6, 6.07) is 0. The number of ether oxygens (including phenoxy) is 2. The third kappa shape index (κ3) is 3.33. The number of esters is 1. The predicted octanol–water partition coefficient (Wildman–Crippen LogP) is 4.84. The summed E-state index contributed by atoms with van der Waals surface area (Å²) in [5, 5.41) is 0.742. The number of hydrogen-bond donors (Lipinski definition) is 1. The Hall–Kier alpha value is -2.34. The second-order valence-corrected chi connectivity index (χ2v) is 8.30. The number of aromatic nitrogens is 1. The predicted molar refractivity (Wildman–Crippen MR) is 106 cm³/mol. The molecule has 1 aliphatic carbocycles. The molecule has 5 nitrogen and oxygen atoms in total. The van der Waals surface area contributed by atoms with Crippen LogP contribution in [0.5, 0.6) is 0 Å². The van der Waals surface area contributed by atoms with Crippen molar-refractivity contribution in [3.63, 3.8) is 0 Å². The monoisotopic (exact) mass is 372 g/mol. The third-order valence-electron chi connectivity index (χ3n) is 4.11. The Balaban J connectivity index is 2.18. The molecule has 3 rings (SSSR count). The summed E-state index contributed by atoms with van der Waals surface area (Å²) in [4.78, 5) is 18.4. The Kier molecular flexibility index (Phi) is 4.80. The molecule has 2 N–H and O–H groups in total. The minimum atomic E-state index is -0.587. The van der Waals surface area contributed by atoms with E-state index in [0.29, 0.717) is 16.3 Å². The van der Waals surface area contributed by atoms with Crippen molar-refractivity contribution >= 4 is 39.0 Å². The van der Waals surface area contributed by atoms with Crippen molar-refractivity contribution in [3.05, 3.63) is 40.6 Å². The maximum absolute atomic E-state index is 12.6. The highest BCUT2D eigenvalue weighted by atomic mass is 32.1. The van der Waals surface area contributed by atoms with Crippen LogP contribution in [0.4, 0.5) is 5.69 Å². The van der Waals surface area contributed by atoms with Crippen LogP contribution in [-0.2, 0) is 22.3 Å². The molecule has 26 heavy (non-hydrogen) atoms. The first kappa shape index (κ1) is 18.5. The number of carbonyl (C=O) groups excluding carboxylic acids is 1. The van der Waals surface area contributed by atoms with Gasteiger partial charge in [-0.15, -0.1) is 11.3 Å². The number of hydrogen-bond acceptors (Lipinski definition) is 6. The molecule has 1 aliphatic rings. The number of aryl methyl sites for hydroxylation is 1. The Morgan fingerprint density at radius 2 is 2.08 bits per heavy atom. The average molecular weight is 372 g/mol. The number of allylic oxidation sites excluding steroid dienone is 1. The van der Waals surface area contributed by atoms with Gasteiger partial charge in [0.05, 0.1) is 11.9 Å². The molecule has 0 radical (unpaired) electrons. The van der Waals surface area contributed by atoms with Crippen molar-refractivity contribution in [2.24, 2.45) is 0 Å². The number of anilines is 1. The fraction of sp³-hybridized carbons (Fsp3) is 0.400. The zero-order valence-electron chi connectivity index (χ0n) is 15.6. The van der Waals surface area contributed by atoms with Gasteiger partial charge in [-0.05, 0) is 52.5 Å². The number of rotatable bonds is 4. The number of carbonyl (C=O) groups is 1. The summed E-state index contributed by atoms with van der Waals surface area (Å²) in [6.45, 7) is 11.4. The van der Waals surface area contributed by atoms with Gasteiger partial charge in [0.15, 0.2) is 0 Å². The van der Waals surface area contributed by atoms with E-state index in [9.17, 15) is 4.79 Å². The van der Waals surface area contributed by atoms with Crippen LogP contribution in [0, 0.1) is 0 Å². The minimum Gasteiger partial charge on any atom is -0.465 e. The first-order chi connectivity index (χ1) is 12.2. The zero-order valence-corrected chi connectivity index (χ0v) is 16.5. The van der Waals surface area contributed by atoms with Gasteiger partial charge in [0.1, 0.15) is 21.1 Å². The molecule has 0 aromatic carbocycles. The van der Waals surface area contributed by atoms with Crippen LogP contribution in [0.15, 0.2) is 18.9 Å². The molecule has 0 atom stereocenters. The van der Waals surface area contributed by atoms with Gasteiger partial charge in [0.25, 0.3) is 0 Å². The maximum atomic E-state index is 12.6. The minimum absolute atomic E-state index is 0.381. The maximum Gasteiger partial charge on any atom is 0.351 e. The van der Waals surface area contributed by atoms with Crippen molar-refractivity contribution in [1.82, 2.24) is 4.98 Å². The first-order valence-electron chi connectivity index (χ1n) is 8.67. The van der Waals surface area contributed by atoms with E-state index in [2.05, 4.69) is 6.58 Å². The van der Waals surface area contributed by atoms with Crippen LogP contribution in [0.3, 0.4) is 0 Å². The molecule has 0 saturated carbocycles. The number of pyridine rings is 1. The Morgan fingerprint density at radius 3 is 2.73 bits per heavy atom. The van der Waals surface area contributed by atoms with Gasteiger partial charge in [-0.1, -0.05) is 12.7 Å². The topological polar surface area (TPSA) is 74.4 Å². The second kappa shape index (κ2) is 6.76. The fourth-order valence-corrected chi connectivity index (χ4v) is 4.14. The van der Waals surface area contributed by atoms with Crippen LogP contribution in [0.1, 0.15) is 60.6 Å². The van der Waals surface area contributed by atoms with Crippen molar-refractivity contribution in [1.29, 1.82) is 0 Å². The lowest BCUT2D eigenvalue weighted by molar-refractivity contribution is 0.00764. The van der Waals surface area contributed by atoms with Crippen LogP contribution < -0.4 is 5.73 Å². The van der Waals surface area contributed by atoms with Gasteiger partial charge in [0.2, 0.25) is 0 Å². The van der Waals surface area contributed by atoms with E-state index in [1.165, 1.54) is 11.3 Å². The fourth-order valence-electron chi connectivity index (χ4n) is 3.14.